The highest BCUT2D eigenvalue weighted by molar-refractivity contribution is 5.46. The summed E-state index contributed by atoms with van der Waals surface area (Å²) in [7, 11) is 0. The van der Waals surface area contributed by atoms with E-state index in [1.165, 1.54) is 0 Å². The van der Waals surface area contributed by atoms with E-state index in [9.17, 15) is 8.78 Å². The van der Waals surface area contributed by atoms with Crippen molar-refractivity contribution in [2.75, 3.05) is 6.54 Å². The fourth-order valence-electron chi connectivity index (χ4n) is 0. The van der Waals surface area contributed by atoms with Gasteiger partial charge in [0.25, 0.3) is 6.43 Å². The molecule has 0 atom stereocenters. The number of halogens is 2. The van der Waals surface area contributed by atoms with Gasteiger partial charge in [-0.2, -0.15) is 0 Å². The quantitative estimate of drug-likeness (QED) is 0.334. The highest BCUT2D eigenvalue weighted by Gasteiger charge is 1.91. The molecule has 0 aromatic heterocycles. The second kappa shape index (κ2) is 9.56. The van der Waals surface area contributed by atoms with Gasteiger partial charge in [0.1, 0.15) is 0 Å². The number of nitrogens with two attached hydrogens (primary N) is 2. The summed E-state index contributed by atoms with van der Waals surface area (Å²) in [6.07, 6.45) is -1.59. The van der Waals surface area contributed by atoms with Crippen molar-refractivity contribution in [3.8, 4) is 0 Å². The van der Waals surface area contributed by atoms with Gasteiger partial charge in [-0.25, -0.2) is 8.78 Å². The molecule has 0 aliphatic rings. The van der Waals surface area contributed by atoms with Gasteiger partial charge in [-0.1, -0.05) is 0 Å². The van der Waals surface area contributed by atoms with Crippen LogP contribution in [-0.2, 0) is 0 Å². The van der Waals surface area contributed by atoms with Gasteiger partial charge in [0.15, 0.2) is 0 Å². The van der Waals surface area contributed by atoms with Crippen molar-refractivity contribution in [1.29, 1.82) is 5.41 Å². The smallest absolute Gasteiger partial charge is 0.250 e. The van der Waals surface area contributed by atoms with Crippen LogP contribution in [0, 0.1) is 5.41 Å². The predicted molar refractivity (Wildman–Crippen MR) is 28.0 cm³/mol. The van der Waals surface area contributed by atoms with Crippen molar-refractivity contribution < 1.29 is 8.78 Å². The van der Waals surface area contributed by atoms with E-state index in [4.69, 9.17) is 5.41 Å². The maximum absolute atomic E-state index is 10.6. The van der Waals surface area contributed by atoms with Gasteiger partial charge in [-0.15, -0.1) is 0 Å². The molecular formula is C3H9F2N3. The maximum atomic E-state index is 10.6. The summed E-state index contributed by atoms with van der Waals surface area (Å²) >= 11 is 0. The van der Waals surface area contributed by atoms with Crippen LogP contribution in [0.1, 0.15) is 0 Å². The van der Waals surface area contributed by atoms with Crippen molar-refractivity contribution in [3.05, 3.63) is 0 Å². The first-order chi connectivity index (χ1) is 3.68. The topological polar surface area (TPSA) is 75.9 Å². The van der Waals surface area contributed by atoms with Gasteiger partial charge >= 0.3 is 0 Å². The Kier molecular flexibility index (Phi) is 12.3. The van der Waals surface area contributed by atoms with Crippen LogP contribution in [0.25, 0.3) is 0 Å². The Bertz CT molecular complexity index is 47.8. The Morgan fingerprint density at radius 1 is 1.62 bits per heavy atom. The summed E-state index contributed by atoms with van der Waals surface area (Å²) in [5, 5.41) is 5.86. The van der Waals surface area contributed by atoms with Crippen LogP contribution in [0.2, 0.25) is 0 Å². The molecule has 0 bridgehead atoms. The molecule has 0 amide bonds. The van der Waals surface area contributed by atoms with Crippen molar-refractivity contribution in [3.63, 3.8) is 0 Å². The number of nitrogens with one attached hydrogen (secondary N) is 1. The van der Waals surface area contributed by atoms with E-state index in [-0.39, 0.29) is 0 Å². The fourth-order valence-corrected chi connectivity index (χ4v) is 0. The Hall–Kier alpha value is -0.710. The molecule has 50 valence electrons. The summed E-state index contributed by atoms with van der Waals surface area (Å²) in [4.78, 5) is 0. The lowest BCUT2D eigenvalue weighted by Gasteiger charge is -1.82. The first-order valence-electron chi connectivity index (χ1n) is 1.87. The van der Waals surface area contributed by atoms with E-state index in [0.29, 0.717) is 0 Å². The third kappa shape index (κ3) is 58.5. The number of rotatable bonds is 1. The van der Waals surface area contributed by atoms with Gasteiger partial charge in [0, 0.05) is 0 Å². The van der Waals surface area contributed by atoms with E-state index in [1.54, 1.807) is 0 Å². The van der Waals surface area contributed by atoms with Gasteiger partial charge in [0.2, 0.25) is 0 Å². The summed E-state index contributed by atoms with van der Waals surface area (Å²) < 4.78 is 21.3. The molecular weight excluding hydrogens is 116 g/mol. The minimum atomic E-state index is -2.34. The standard InChI is InChI=1S/C2H5F2N.CH4N2/c3-2(4)1-5;2-1-3/h2H,1,5H2;1H,(H3,2,3). The lowest BCUT2D eigenvalue weighted by atomic mass is 10.7. The molecule has 0 radical (unpaired) electrons. The third-order valence-corrected chi connectivity index (χ3v) is 0.178. The van der Waals surface area contributed by atoms with Crippen LogP contribution in [0.3, 0.4) is 0 Å². The molecule has 0 spiro atoms. The molecule has 0 fully saturated rings. The predicted octanol–water partition coefficient (Wildman–Crippen LogP) is -0.238. The zero-order valence-electron chi connectivity index (χ0n) is 4.27. The zero-order valence-corrected chi connectivity index (χ0v) is 4.27. The third-order valence-electron chi connectivity index (χ3n) is 0.178. The number of hydrogen-bond acceptors (Lipinski definition) is 2. The van der Waals surface area contributed by atoms with Gasteiger partial charge in [0.05, 0.1) is 12.9 Å². The van der Waals surface area contributed by atoms with Gasteiger partial charge in [-0.05, 0) is 0 Å². The van der Waals surface area contributed by atoms with Crippen molar-refractivity contribution in [2.24, 2.45) is 11.5 Å². The van der Waals surface area contributed by atoms with E-state index >= 15 is 0 Å². The highest BCUT2D eigenvalue weighted by Crippen LogP contribution is 1.82. The Morgan fingerprint density at radius 3 is 1.75 bits per heavy atom. The molecule has 5 N–H and O–H groups in total. The molecule has 0 aromatic carbocycles. The van der Waals surface area contributed by atoms with Crippen molar-refractivity contribution in [2.45, 2.75) is 6.43 Å². The van der Waals surface area contributed by atoms with Gasteiger partial charge in [-0.3, -0.25) is 5.41 Å². The summed E-state index contributed by atoms with van der Waals surface area (Å²) in [5.74, 6) is 0. The van der Waals surface area contributed by atoms with E-state index in [1.807, 2.05) is 0 Å². The van der Waals surface area contributed by atoms with Crippen LogP contribution in [0.5, 0.6) is 0 Å². The number of hydrogen-bond donors (Lipinski definition) is 3. The molecule has 0 aliphatic heterocycles. The lowest BCUT2D eigenvalue weighted by molar-refractivity contribution is 0.158. The highest BCUT2D eigenvalue weighted by atomic mass is 19.3. The van der Waals surface area contributed by atoms with Crippen LogP contribution >= 0.6 is 0 Å². The van der Waals surface area contributed by atoms with Crippen molar-refractivity contribution >= 4 is 6.34 Å². The SMILES string of the molecule is N=CN.NCC(F)F. The Labute approximate surface area is 46.2 Å². The molecule has 0 aromatic rings. The van der Waals surface area contributed by atoms with E-state index in [0.717, 1.165) is 6.34 Å². The van der Waals surface area contributed by atoms with Crippen LogP contribution in [0.15, 0.2) is 0 Å². The summed E-state index contributed by atoms with van der Waals surface area (Å²) in [5.41, 5.74) is 8.81. The van der Waals surface area contributed by atoms with Crippen LogP contribution < -0.4 is 11.5 Å². The number of alkyl halides is 2. The van der Waals surface area contributed by atoms with E-state index < -0.39 is 13.0 Å². The van der Waals surface area contributed by atoms with Crippen molar-refractivity contribution in [1.82, 2.24) is 0 Å². The summed E-state index contributed by atoms with van der Waals surface area (Å²) in [6, 6.07) is 0. The molecule has 0 saturated carbocycles. The zero-order chi connectivity index (χ0) is 6.99. The molecule has 0 heterocycles. The molecule has 0 unspecified atom stereocenters. The monoisotopic (exact) mass is 125 g/mol. The lowest BCUT2D eigenvalue weighted by Crippen LogP contribution is -2.08. The average molecular weight is 125 g/mol. The molecule has 8 heavy (non-hydrogen) atoms. The Morgan fingerprint density at radius 2 is 1.75 bits per heavy atom. The minimum absolute atomic E-state index is 0.528. The first-order valence-corrected chi connectivity index (χ1v) is 1.87. The minimum Gasteiger partial charge on any atom is -0.390 e. The molecule has 5 heteroatoms. The molecule has 0 rings (SSSR count). The van der Waals surface area contributed by atoms with Gasteiger partial charge < -0.3 is 11.5 Å². The maximum Gasteiger partial charge on any atom is 0.250 e. The van der Waals surface area contributed by atoms with E-state index in [2.05, 4.69) is 11.5 Å². The first kappa shape index (κ1) is 10.3. The molecule has 3 nitrogen and oxygen atoms in total. The molecule has 0 aliphatic carbocycles. The Balaban J connectivity index is 0. The van der Waals surface area contributed by atoms with Crippen LogP contribution in [-0.4, -0.2) is 19.3 Å². The normalized spacial score (nSPS) is 7.50. The summed E-state index contributed by atoms with van der Waals surface area (Å²) in [6.45, 7) is -0.528. The van der Waals surface area contributed by atoms with Crippen LogP contribution in [0.4, 0.5) is 8.78 Å². The fraction of sp³-hybridized carbons (Fsp3) is 0.667. The second-order valence-electron chi connectivity index (χ2n) is 0.793. The second-order valence-corrected chi connectivity index (χ2v) is 0.793. The average Bonchev–Trinajstić information content (AvgIpc) is 1.69. The largest absolute Gasteiger partial charge is 0.390 e. The molecule has 0 saturated heterocycles.